The summed E-state index contributed by atoms with van der Waals surface area (Å²) in [6, 6.07) is 9.78. The van der Waals surface area contributed by atoms with Gasteiger partial charge in [-0.1, -0.05) is 70.4 Å². The Balaban J connectivity index is 2.01. The summed E-state index contributed by atoms with van der Waals surface area (Å²) in [4.78, 5) is 20.7. The SMILES string of the molecule is CCCOc1cnc(OC(=O)CCCCC(C)CC)nc1-c1ccccc1. The number of nitrogens with zero attached hydrogens (tertiary/aromatic N) is 2. The molecule has 0 amide bonds. The summed E-state index contributed by atoms with van der Waals surface area (Å²) in [5.41, 5.74) is 1.54. The molecule has 0 radical (unpaired) electrons. The van der Waals surface area contributed by atoms with Crippen LogP contribution in [0.4, 0.5) is 0 Å². The normalized spacial score (nSPS) is 11.8. The second kappa shape index (κ2) is 11.3. The third-order valence-electron chi connectivity index (χ3n) is 4.47. The summed E-state index contributed by atoms with van der Waals surface area (Å²) in [6.07, 6.45) is 7.03. The molecule has 0 saturated heterocycles. The first kappa shape index (κ1) is 20.9. The van der Waals surface area contributed by atoms with Crippen LogP contribution < -0.4 is 9.47 Å². The van der Waals surface area contributed by atoms with Gasteiger partial charge in [-0.05, 0) is 18.8 Å². The number of unbranched alkanes of at least 4 members (excludes halogenated alkanes) is 1. The van der Waals surface area contributed by atoms with Crippen LogP contribution in [-0.2, 0) is 4.79 Å². The molecule has 2 aromatic rings. The molecule has 1 atom stereocenters. The molecule has 0 fully saturated rings. The van der Waals surface area contributed by atoms with Gasteiger partial charge in [0, 0.05) is 12.0 Å². The Kier molecular flexibility index (Phi) is 8.75. The zero-order valence-corrected chi connectivity index (χ0v) is 16.6. The fourth-order valence-electron chi connectivity index (χ4n) is 2.64. The van der Waals surface area contributed by atoms with E-state index < -0.39 is 0 Å². The maximum Gasteiger partial charge on any atom is 0.325 e. The van der Waals surface area contributed by atoms with Gasteiger partial charge in [0.1, 0.15) is 5.69 Å². The summed E-state index contributed by atoms with van der Waals surface area (Å²) in [6.45, 7) is 7.05. The highest BCUT2D eigenvalue weighted by atomic mass is 16.5. The Morgan fingerprint density at radius 2 is 1.93 bits per heavy atom. The molecule has 1 unspecified atom stereocenters. The average molecular weight is 370 g/mol. The number of benzene rings is 1. The van der Waals surface area contributed by atoms with Crippen molar-refractivity contribution in [2.75, 3.05) is 6.61 Å². The molecule has 0 aliphatic carbocycles. The first-order chi connectivity index (χ1) is 13.1. The molecule has 1 aromatic carbocycles. The van der Waals surface area contributed by atoms with Crippen LogP contribution in [0.3, 0.4) is 0 Å². The minimum Gasteiger partial charge on any atom is -0.490 e. The minimum absolute atomic E-state index is 0.0737. The lowest BCUT2D eigenvalue weighted by Crippen LogP contribution is -2.11. The van der Waals surface area contributed by atoms with Gasteiger partial charge in [-0.15, -0.1) is 0 Å². The summed E-state index contributed by atoms with van der Waals surface area (Å²) in [7, 11) is 0. The Bertz CT molecular complexity index is 704. The highest BCUT2D eigenvalue weighted by molar-refractivity contribution is 5.72. The Morgan fingerprint density at radius 3 is 2.63 bits per heavy atom. The summed E-state index contributed by atoms with van der Waals surface area (Å²) < 4.78 is 11.1. The molecule has 0 aliphatic rings. The molecule has 0 aliphatic heterocycles. The van der Waals surface area contributed by atoms with Crippen LogP contribution in [0.2, 0.25) is 0 Å². The summed E-state index contributed by atoms with van der Waals surface area (Å²) in [5, 5.41) is 0. The maximum atomic E-state index is 12.1. The molecule has 146 valence electrons. The molecule has 0 saturated carbocycles. The van der Waals surface area contributed by atoms with Gasteiger partial charge in [0.05, 0.1) is 12.8 Å². The fourth-order valence-corrected chi connectivity index (χ4v) is 2.64. The monoisotopic (exact) mass is 370 g/mol. The fraction of sp³-hybridized carbons (Fsp3) is 0.500. The summed E-state index contributed by atoms with van der Waals surface area (Å²) in [5.74, 6) is 1.00. The van der Waals surface area contributed by atoms with E-state index in [4.69, 9.17) is 9.47 Å². The van der Waals surface area contributed by atoms with E-state index in [2.05, 4.69) is 23.8 Å². The van der Waals surface area contributed by atoms with E-state index in [1.807, 2.05) is 37.3 Å². The predicted octanol–water partition coefficient (Wildman–Crippen LogP) is 5.44. The quantitative estimate of drug-likeness (QED) is 0.389. The molecular weight excluding hydrogens is 340 g/mol. The van der Waals surface area contributed by atoms with Gasteiger partial charge in [0.2, 0.25) is 0 Å². The van der Waals surface area contributed by atoms with Crippen molar-refractivity contribution in [3.8, 4) is 23.0 Å². The van der Waals surface area contributed by atoms with Crippen molar-refractivity contribution in [3.05, 3.63) is 36.5 Å². The average Bonchev–Trinajstić information content (AvgIpc) is 2.70. The first-order valence-corrected chi connectivity index (χ1v) is 9.90. The van der Waals surface area contributed by atoms with Gasteiger partial charge in [0.25, 0.3) is 0 Å². The lowest BCUT2D eigenvalue weighted by Gasteiger charge is -2.11. The van der Waals surface area contributed by atoms with E-state index in [-0.39, 0.29) is 12.0 Å². The van der Waals surface area contributed by atoms with Crippen molar-refractivity contribution >= 4 is 5.97 Å². The molecule has 5 nitrogen and oxygen atoms in total. The highest BCUT2D eigenvalue weighted by Crippen LogP contribution is 2.29. The number of rotatable bonds is 11. The highest BCUT2D eigenvalue weighted by Gasteiger charge is 2.14. The Hall–Kier alpha value is -2.43. The lowest BCUT2D eigenvalue weighted by molar-refractivity contribution is -0.135. The van der Waals surface area contributed by atoms with E-state index in [0.29, 0.717) is 30.4 Å². The number of esters is 1. The Labute approximate surface area is 162 Å². The van der Waals surface area contributed by atoms with Crippen molar-refractivity contribution < 1.29 is 14.3 Å². The molecule has 1 heterocycles. The number of hydrogen-bond donors (Lipinski definition) is 0. The van der Waals surface area contributed by atoms with E-state index in [1.54, 1.807) is 6.20 Å². The van der Waals surface area contributed by atoms with Crippen LogP contribution in [-0.4, -0.2) is 22.5 Å². The van der Waals surface area contributed by atoms with Crippen LogP contribution in [0, 0.1) is 5.92 Å². The Morgan fingerprint density at radius 1 is 1.15 bits per heavy atom. The minimum atomic E-state index is -0.291. The van der Waals surface area contributed by atoms with E-state index in [9.17, 15) is 4.79 Å². The zero-order valence-electron chi connectivity index (χ0n) is 16.6. The number of ether oxygens (including phenoxy) is 2. The van der Waals surface area contributed by atoms with E-state index in [0.717, 1.165) is 31.2 Å². The van der Waals surface area contributed by atoms with Gasteiger partial charge in [-0.25, -0.2) is 0 Å². The van der Waals surface area contributed by atoms with E-state index >= 15 is 0 Å². The second-order valence-corrected chi connectivity index (χ2v) is 6.81. The van der Waals surface area contributed by atoms with E-state index in [1.165, 1.54) is 6.42 Å². The van der Waals surface area contributed by atoms with Crippen LogP contribution in [0.5, 0.6) is 11.8 Å². The van der Waals surface area contributed by atoms with Crippen molar-refractivity contribution in [3.63, 3.8) is 0 Å². The second-order valence-electron chi connectivity index (χ2n) is 6.81. The molecule has 0 spiro atoms. The van der Waals surface area contributed by atoms with Crippen molar-refractivity contribution in [2.45, 2.75) is 59.3 Å². The number of aromatic nitrogens is 2. The lowest BCUT2D eigenvalue weighted by atomic mass is 10.0. The topological polar surface area (TPSA) is 61.3 Å². The standard InChI is InChI=1S/C22H30N2O3/c1-4-15-26-19-16-23-22(24-21(19)18-12-7-6-8-13-18)27-20(25)14-10-9-11-17(3)5-2/h6-8,12-13,16-17H,4-5,9-11,14-15H2,1-3H3. The third kappa shape index (κ3) is 7.00. The number of carbonyl (C=O) groups excluding carboxylic acids is 1. The van der Waals surface area contributed by atoms with Crippen LogP contribution in [0.25, 0.3) is 11.3 Å². The smallest absolute Gasteiger partial charge is 0.325 e. The third-order valence-corrected chi connectivity index (χ3v) is 4.47. The largest absolute Gasteiger partial charge is 0.490 e. The molecule has 1 aromatic heterocycles. The maximum absolute atomic E-state index is 12.1. The molecule has 27 heavy (non-hydrogen) atoms. The van der Waals surface area contributed by atoms with Crippen molar-refractivity contribution in [2.24, 2.45) is 5.92 Å². The van der Waals surface area contributed by atoms with Gasteiger partial charge >= 0.3 is 12.0 Å². The molecular formula is C22H30N2O3. The molecule has 5 heteroatoms. The van der Waals surface area contributed by atoms with Crippen molar-refractivity contribution in [1.29, 1.82) is 0 Å². The van der Waals surface area contributed by atoms with Gasteiger partial charge in [-0.3, -0.25) is 4.79 Å². The van der Waals surface area contributed by atoms with Gasteiger partial charge < -0.3 is 9.47 Å². The van der Waals surface area contributed by atoms with Gasteiger partial charge in [-0.2, -0.15) is 9.97 Å². The van der Waals surface area contributed by atoms with Gasteiger partial charge in [0.15, 0.2) is 5.75 Å². The van der Waals surface area contributed by atoms with Crippen LogP contribution in [0.1, 0.15) is 59.3 Å². The zero-order chi connectivity index (χ0) is 19.5. The summed E-state index contributed by atoms with van der Waals surface area (Å²) >= 11 is 0. The molecule has 0 N–H and O–H groups in total. The van der Waals surface area contributed by atoms with Crippen molar-refractivity contribution in [1.82, 2.24) is 9.97 Å². The van der Waals surface area contributed by atoms with Crippen LogP contribution >= 0.6 is 0 Å². The number of carbonyl (C=O) groups is 1. The first-order valence-electron chi connectivity index (χ1n) is 9.90. The van der Waals surface area contributed by atoms with Crippen LogP contribution in [0.15, 0.2) is 36.5 Å². The molecule has 2 rings (SSSR count). The number of hydrogen-bond acceptors (Lipinski definition) is 5. The molecule has 0 bridgehead atoms. The predicted molar refractivity (Wildman–Crippen MR) is 107 cm³/mol.